The highest BCUT2D eigenvalue weighted by Gasteiger charge is 2.16. The fraction of sp³-hybridized carbons (Fsp3) is 0. The van der Waals surface area contributed by atoms with Gasteiger partial charge in [-0.25, -0.2) is 0 Å². The van der Waals surface area contributed by atoms with Crippen LogP contribution in [0.3, 0.4) is 0 Å². The van der Waals surface area contributed by atoms with E-state index in [0.29, 0.717) is 11.5 Å². The van der Waals surface area contributed by atoms with E-state index in [1.165, 1.54) is 0 Å². The molecule has 0 fully saturated rings. The second kappa shape index (κ2) is 6.76. The van der Waals surface area contributed by atoms with E-state index < -0.39 is 0 Å². The summed E-state index contributed by atoms with van der Waals surface area (Å²) in [6.45, 7) is 0. The molecular weight excluding hydrogens is 432 g/mol. The number of benzene rings is 2. The molecule has 2 aromatic carbocycles. The minimum atomic E-state index is -0.154. The number of thioether (sulfide) groups is 1. The van der Waals surface area contributed by atoms with Crippen molar-refractivity contribution in [3.63, 3.8) is 0 Å². The van der Waals surface area contributed by atoms with Gasteiger partial charge in [-0.3, -0.25) is 4.79 Å². The van der Waals surface area contributed by atoms with Crippen LogP contribution in [0.25, 0.3) is 11.5 Å². The third-order valence-corrected chi connectivity index (χ3v) is 4.74. The molecule has 110 valence electrons. The van der Waals surface area contributed by atoms with Gasteiger partial charge in [-0.15, -0.1) is 10.2 Å². The summed E-state index contributed by atoms with van der Waals surface area (Å²) in [7, 11) is 0. The summed E-state index contributed by atoms with van der Waals surface area (Å²) >= 11 is 7.63. The molecular formula is C15H8Br2N2O2S. The maximum absolute atomic E-state index is 12.2. The van der Waals surface area contributed by atoms with Gasteiger partial charge in [0.15, 0.2) is 0 Å². The maximum atomic E-state index is 12.2. The van der Waals surface area contributed by atoms with Crippen molar-refractivity contribution >= 4 is 48.7 Å². The summed E-state index contributed by atoms with van der Waals surface area (Å²) in [6.07, 6.45) is 0. The Morgan fingerprint density at radius 3 is 2.45 bits per heavy atom. The first-order chi connectivity index (χ1) is 10.6. The van der Waals surface area contributed by atoms with Crippen LogP contribution in [0.4, 0.5) is 0 Å². The number of halogens is 2. The van der Waals surface area contributed by atoms with Crippen LogP contribution < -0.4 is 0 Å². The van der Waals surface area contributed by atoms with Crippen molar-refractivity contribution in [2.24, 2.45) is 0 Å². The number of rotatable bonds is 3. The van der Waals surface area contributed by atoms with Gasteiger partial charge in [-0.2, -0.15) is 0 Å². The summed E-state index contributed by atoms with van der Waals surface area (Å²) in [5.74, 6) is 0.384. The molecule has 0 unspecified atom stereocenters. The van der Waals surface area contributed by atoms with Crippen LogP contribution in [0.5, 0.6) is 0 Å². The van der Waals surface area contributed by atoms with Gasteiger partial charge in [0.2, 0.25) is 11.0 Å². The van der Waals surface area contributed by atoms with Crippen molar-refractivity contribution in [2.75, 3.05) is 0 Å². The smallest absolute Gasteiger partial charge is 0.284 e. The molecule has 0 amide bonds. The first-order valence-electron chi connectivity index (χ1n) is 6.19. The van der Waals surface area contributed by atoms with Crippen LogP contribution in [-0.2, 0) is 0 Å². The normalized spacial score (nSPS) is 10.6. The van der Waals surface area contributed by atoms with E-state index >= 15 is 0 Å². The van der Waals surface area contributed by atoms with E-state index in [0.717, 1.165) is 26.3 Å². The molecule has 0 bridgehead atoms. The van der Waals surface area contributed by atoms with Gasteiger partial charge >= 0.3 is 0 Å². The molecule has 3 rings (SSSR count). The molecule has 22 heavy (non-hydrogen) atoms. The van der Waals surface area contributed by atoms with Crippen LogP contribution in [0.2, 0.25) is 0 Å². The Hall–Kier alpha value is -1.44. The summed E-state index contributed by atoms with van der Waals surface area (Å²) in [5.41, 5.74) is 1.37. The van der Waals surface area contributed by atoms with Gasteiger partial charge in [-0.1, -0.05) is 44.0 Å². The van der Waals surface area contributed by atoms with E-state index in [-0.39, 0.29) is 10.3 Å². The SMILES string of the molecule is O=C(Sc1nnc(-c2ccc(Br)cc2)o1)c1ccccc1Br. The highest BCUT2D eigenvalue weighted by atomic mass is 79.9. The molecule has 0 saturated heterocycles. The Morgan fingerprint density at radius 2 is 1.73 bits per heavy atom. The van der Waals surface area contributed by atoms with Crippen LogP contribution in [0, 0.1) is 0 Å². The van der Waals surface area contributed by atoms with E-state index in [9.17, 15) is 4.79 Å². The molecule has 0 aliphatic carbocycles. The number of aromatic nitrogens is 2. The lowest BCUT2D eigenvalue weighted by atomic mass is 10.2. The van der Waals surface area contributed by atoms with Crippen molar-refractivity contribution < 1.29 is 9.21 Å². The molecule has 0 aliphatic rings. The largest absolute Gasteiger partial charge is 0.411 e. The summed E-state index contributed by atoms with van der Waals surface area (Å²) in [4.78, 5) is 12.2. The molecule has 0 radical (unpaired) electrons. The molecule has 0 aliphatic heterocycles. The Balaban J connectivity index is 1.78. The molecule has 0 saturated carbocycles. The third kappa shape index (κ3) is 3.48. The fourth-order valence-corrected chi connectivity index (χ4v) is 3.23. The van der Waals surface area contributed by atoms with Crippen molar-refractivity contribution in [1.29, 1.82) is 0 Å². The highest BCUT2D eigenvalue weighted by Crippen LogP contribution is 2.28. The third-order valence-electron chi connectivity index (χ3n) is 2.77. The molecule has 0 spiro atoms. The summed E-state index contributed by atoms with van der Waals surface area (Å²) in [6, 6.07) is 14.7. The lowest BCUT2D eigenvalue weighted by Gasteiger charge is -1.99. The Bertz CT molecular complexity index is 818. The van der Waals surface area contributed by atoms with Gasteiger partial charge < -0.3 is 4.42 Å². The zero-order chi connectivity index (χ0) is 15.5. The van der Waals surface area contributed by atoms with Gasteiger partial charge in [0.1, 0.15) is 0 Å². The summed E-state index contributed by atoms with van der Waals surface area (Å²) < 4.78 is 7.23. The Labute approximate surface area is 147 Å². The standard InChI is InChI=1S/C15H8Br2N2O2S/c16-10-7-5-9(6-8-10)13-18-19-15(21-13)22-14(20)11-3-1-2-4-12(11)17/h1-8H. The number of carbonyl (C=O) groups is 1. The fourth-order valence-electron chi connectivity index (χ4n) is 1.72. The first-order valence-corrected chi connectivity index (χ1v) is 8.60. The van der Waals surface area contributed by atoms with Crippen LogP contribution in [0.1, 0.15) is 10.4 Å². The van der Waals surface area contributed by atoms with Crippen molar-refractivity contribution in [2.45, 2.75) is 5.22 Å². The number of nitrogens with zero attached hydrogens (tertiary/aromatic N) is 2. The lowest BCUT2D eigenvalue weighted by molar-refractivity contribution is 0.108. The van der Waals surface area contributed by atoms with E-state index in [4.69, 9.17) is 4.42 Å². The lowest BCUT2D eigenvalue weighted by Crippen LogP contribution is -1.94. The highest BCUT2D eigenvalue weighted by molar-refractivity contribution is 9.10. The average Bonchev–Trinajstić information content (AvgIpc) is 2.97. The quantitative estimate of drug-likeness (QED) is 0.525. The second-order valence-electron chi connectivity index (χ2n) is 4.25. The van der Waals surface area contributed by atoms with E-state index in [1.54, 1.807) is 12.1 Å². The molecule has 4 nitrogen and oxygen atoms in total. The zero-order valence-electron chi connectivity index (χ0n) is 11.0. The monoisotopic (exact) mass is 438 g/mol. The number of hydrogen-bond donors (Lipinski definition) is 0. The maximum Gasteiger partial charge on any atom is 0.284 e. The molecule has 3 aromatic rings. The van der Waals surface area contributed by atoms with Crippen LogP contribution in [-0.4, -0.2) is 15.3 Å². The van der Waals surface area contributed by atoms with Gasteiger partial charge in [0.05, 0.1) is 0 Å². The van der Waals surface area contributed by atoms with Crippen molar-refractivity contribution in [3.05, 3.63) is 63.0 Å². The minimum Gasteiger partial charge on any atom is -0.411 e. The number of hydrogen-bond acceptors (Lipinski definition) is 5. The average molecular weight is 440 g/mol. The van der Waals surface area contributed by atoms with Crippen molar-refractivity contribution in [3.8, 4) is 11.5 Å². The predicted molar refractivity (Wildman–Crippen MR) is 91.8 cm³/mol. The van der Waals surface area contributed by atoms with E-state index in [2.05, 4.69) is 42.1 Å². The second-order valence-corrected chi connectivity index (χ2v) is 6.94. The topological polar surface area (TPSA) is 56.0 Å². The summed E-state index contributed by atoms with van der Waals surface area (Å²) in [5, 5.41) is 7.94. The van der Waals surface area contributed by atoms with Gasteiger partial charge in [-0.05, 0) is 36.4 Å². The van der Waals surface area contributed by atoms with Crippen LogP contribution in [0.15, 0.2) is 67.1 Å². The van der Waals surface area contributed by atoms with Crippen molar-refractivity contribution in [1.82, 2.24) is 10.2 Å². The molecule has 0 atom stereocenters. The van der Waals surface area contributed by atoms with Gasteiger partial charge in [0, 0.05) is 31.8 Å². The molecule has 7 heteroatoms. The van der Waals surface area contributed by atoms with E-state index in [1.807, 2.05) is 36.4 Å². The minimum absolute atomic E-state index is 0.154. The predicted octanol–water partition coefficient (Wildman–Crippen LogP) is 5.19. The van der Waals surface area contributed by atoms with Gasteiger partial charge in [0.25, 0.3) is 5.22 Å². The molecule has 0 N–H and O–H groups in total. The zero-order valence-corrected chi connectivity index (χ0v) is 15.0. The molecule has 1 heterocycles. The molecule has 1 aromatic heterocycles. The Morgan fingerprint density at radius 1 is 1.00 bits per heavy atom. The first kappa shape index (κ1) is 15.5. The Kier molecular flexibility index (Phi) is 4.75. The van der Waals surface area contributed by atoms with Crippen LogP contribution >= 0.6 is 43.6 Å². The number of carbonyl (C=O) groups excluding carboxylic acids is 1.